The molecule has 0 aliphatic carbocycles. The monoisotopic (exact) mass is 431 g/mol. The van der Waals surface area contributed by atoms with Gasteiger partial charge in [0.1, 0.15) is 0 Å². The first-order chi connectivity index (χ1) is 10.3. The van der Waals surface area contributed by atoms with Gasteiger partial charge in [-0.25, -0.2) is 0 Å². The normalized spacial score (nSPS) is 11.1. The molecule has 0 saturated heterocycles. The van der Waals surface area contributed by atoms with Gasteiger partial charge in [0, 0.05) is 46.6 Å². The summed E-state index contributed by atoms with van der Waals surface area (Å²) in [6.07, 6.45) is 3.09. The van der Waals surface area contributed by atoms with Crippen LogP contribution in [0.4, 0.5) is 0 Å². The highest BCUT2D eigenvalue weighted by molar-refractivity contribution is 14.0. The molecular formula is C15H34IN3O3. The van der Waals surface area contributed by atoms with Gasteiger partial charge in [0.2, 0.25) is 0 Å². The van der Waals surface area contributed by atoms with Crippen LogP contribution in [0.15, 0.2) is 4.99 Å². The molecule has 2 N–H and O–H groups in total. The van der Waals surface area contributed by atoms with Crippen molar-refractivity contribution >= 4 is 29.9 Å². The van der Waals surface area contributed by atoms with Crippen molar-refractivity contribution in [1.82, 2.24) is 10.6 Å². The fourth-order valence-electron chi connectivity index (χ4n) is 1.62. The standard InChI is InChI=1S/C15H33N3O3.HI/c1-4-16-15(17-9-6-7-11-20-5-2)18-10-8-12-21-14-13-19-3;/h4-14H2,1-3H3,(H2,16,17,18);1H. The first kappa shape index (κ1) is 24.1. The maximum absolute atomic E-state index is 5.40. The predicted molar refractivity (Wildman–Crippen MR) is 102 cm³/mol. The number of aliphatic imine (C=N–C) groups is 1. The fourth-order valence-corrected chi connectivity index (χ4v) is 1.62. The molecule has 22 heavy (non-hydrogen) atoms. The third kappa shape index (κ3) is 17.9. The van der Waals surface area contributed by atoms with Gasteiger partial charge in [-0.15, -0.1) is 24.0 Å². The number of nitrogens with one attached hydrogen (secondary N) is 2. The molecule has 7 heteroatoms. The molecule has 0 saturated carbocycles. The van der Waals surface area contributed by atoms with E-state index < -0.39 is 0 Å². The van der Waals surface area contributed by atoms with Crippen LogP contribution in [-0.2, 0) is 14.2 Å². The van der Waals surface area contributed by atoms with Crippen LogP contribution in [-0.4, -0.2) is 65.7 Å². The molecule has 0 aliphatic rings. The van der Waals surface area contributed by atoms with Crippen molar-refractivity contribution in [3.05, 3.63) is 0 Å². The van der Waals surface area contributed by atoms with Crippen molar-refractivity contribution in [1.29, 1.82) is 0 Å². The number of guanidine groups is 1. The number of unbranched alkanes of at least 4 members (excludes halogenated alkanes) is 1. The van der Waals surface area contributed by atoms with E-state index in [2.05, 4.69) is 22.5 Å². The highest BCUT2D eigenvalue weighted by atomic mass is 127. The van der Waals surface area contributed by atoms with Gasteiger partial charge < -0.3 is 24.8 Å². The average Bonchev–Trinajstić information content (AvgIpc) is 2.49. The second-order valence-corrected chi connectivity index (χ2v) is 4.55. The van der Waals surface area contributed by atoms with Crippen LogP contribution in [0.5, 0.6) is 0 Å². The Morgan fingerprint density at radius 2 is 1.68 bits per heavy atom. The maximum Gasteiger partial charge on any atom is 0.191 e. The minimum Gasteiger partial charge on any atom is -0.382 e. The van der Waals surface area contributed by atoms with Crippen LogP contribution in [0.1, 0.15) is 33.1 Å². The van der Waals surface area contributed by atoms with E-state index in [4.69, 9.17) is 14.2 Å². The van der Waals surface area contributed by atoms with E-state index in [0.29, 0.717) is 13.2 Å². The number of methoxy groups -OCH3 is 1. The van der Waals surface area contributed by atoms with Crippen LogP contribution in [0, 0.1) is 0 Å². The van der Waals surface area contributed by atoms with Crippen LogP contribution < -0.4 is 10.6 Å². The van der Waals surface area contributed by atoms with Gasteiger partial charge >= 0.3 is 0 Å². The molecule has 0 spiro atoms. The minimum atomic E-state index is 0. The lowest BCUT2D eigenvalue weighted by atomic mass is 10.3. The molecule has 0 rings (SSSR count). The highest BCUT2D eigenvalue weighted by Gasteiger charge is 1.96. The molecule has 6 nitrogen and oxygen atoms in total. The Kier molecular flexibility index (Phi) is 22.9. The second-order valence-electron chi connectivity index (χ2n) is 4.55. The maximum atomic E-state index is 5.40. The largest absolute Gasteiger partial charge is 0.382 e. The molecule has 0 fully saturated rings. The zero-order chi connectivity index (χ0) is 15.6. The minimum absolute atomic E-state index is 0. The van der Waals surface area contributed by atoms with Gasteiger partial charge in [0.15, 0.2) is 5.96 Å². The van der Waals surface area contributed by atoms with Crippen molar-refractivity contribution in [2.45, 2.75) is 33.1 Å². The average molecular weight is 431 g/mol. The van der Waals surface area contributed by atoms with E-state index in [9.17, 15) is 0 Å². The van der Waals surface area contributed by atoms with Gasteiger partial charge in [-0.3, -0.25) is 4.99 Å². The number of nitrogens with zero attached hydrogens (tertiary/aromatic N) is 1. The van der Waals surface area contributed by atoms with Gasteiger partial charge in [0.05, 0.1) is 13.2 Å². The second kappa shape index (κ2) is 20.9. The third-order valence-electron chi connectivity index (χ3n) is 2.70. The Labute approximate surface area is 152 Å². The number of ether oxygens (including phenoxy) is 3. The number of hydrogen-bond donors (Lipinski definition) is 2. The smallest absolute Gasteiger partial charge is 0.191 e. The molecule has 0 bridgehead atoms. The summed E-state index contributed by atoms with van der Waals surface area (Å²) in [5.74, 6) is 0.880. The lowest BCUT2D eigenvalue weighted by Crippen LogP contribution is -2.38. The summed E-state index contributed by atoms with van der Waals surface area (Å²) < 4.78 is 15.6. The van der Waals surface area contributed by atoms with Crippen LogP contribution in [0.25, 0.3) is 0 Å². The number of halogens is 1. The zero-order valence-electron chi connectivity index (χ0n) is 14.4. The zero-order valence-corrected chi connectivity index (χ0v) is 16.7. The Morgan fingerprint density at radius 1 is 0.909 bits per heavy atom. The molecule has 0 aliphatic heterocycles. The van der Waals surface area contributed by atoms with Crippen molar-refractivity contribution in [2.24, 2.45) is 4.99 Å². The van der Waals surface area contributed by atoms with Crippen molar-refractivity contribution in [2.75, 3.05) is 59.8 Å². The van der Waals surface area contributed by atoms with E-state index in [1.54, 1.807) is 7.11 Å². The topological polar surface area (TPSA) is 64.1 Å². The Bertz CT molecular complexity index is 244. The van der Waals surface area contributed by atoms with Gasteiger partial charge in [-0.2, -0.15) is 0 Å². The van der Waals surface area contributed by atoms with Crippen LogP contribution in [0.2, 0.25) is 0 Å². The van der Waals surface area contributed by atoms with Gasteiger partial charge in [0.25, 0.3) is 0 Å². The Morgan fingerprint density at radius 3 is 2.36 bits per heavy atom. The van der Waals surface area contributed by atoms with E-state index >= 15 is 0 Å². The van der Waals surface area contributed by atoms with Gasteiger partial charge in [-0.05, 0) is 33.1 Å². The summed E-state index contributed by atoms with van der Waals surface area (Å²) >= 11 is 0. The molecule has 0 heterocycles. The lowest BCUT2D eigenvalue weighted by molar-refractivity contribution is 0.0702. The Balaban J connectivity index is 0. The summed E-state index contributed by atoms with van der Waals surface area (Å²) in [7, 11) is 1.68. The molecule has 134 valence electrons. The molecule has 0 radical (unpaired) electrons. The molecular weight excluding hydrogens is 397 g/mol. The van der Waals surface area contributed by atoms with E-state index in [0.717, 1.165) is 64.7 Å². The van der Waals surface area contributed by atoms with Gasteiger partial charge in [-0.1, -0.05) is 0 Å². The molecule has 0 aromatic carbocycles. The van der Waals surface area contributed by atoms with Crippen molar-refractivity contribution < 1.29 is 14.2 Å². The van der Waals surface area contributed by atoms with Crippen LogP contribution in [0.3, 0.4) is 0 Å². The lowest BCUT2D eigenvalue weighted by Gasteiger charge is -2.11. The molecule has 0 amide bonds. The first-order valence-corrected chi connectivity index (χ1v) is 8.01. The Hall–Kier alpha value is -0.120. The van der Waals surface area contributed by atoms with E-state index in [1.165, 1.54) is 0 Å². The number of rotatable bonds is 14. The van der Waals surface area contributed by atoms with Crippen molar-refractivity contribution in [3.8, 4) is 0 Å². The predicted octanol–water partition coefficient (Wildman–Crippen LogP) is 2.03. The summed E-state index contributed by atoms with van der Waals surface area (Å²) in [4.78, 5) is 4.52. The molecule has 0 atom stereocenters. The van der Waals surface area contributed by atoms with E-state index in [-0.39, 0.29) is 24.0 Å². The SMILES string of the molecule is CCNC(=NCCCOCCOC)NCCCCOCC.I. The summed E-state index contributed by atoms with van der Waals surface area (Å²) in [6.45, 7) is 10.3. The summed E-state index contributed by atoms with van der Waals surface area (Å²) in [6, 6.07) is 0. The summed E-state index contributed by atoms with van der Waals surface area (Å²) in [5, 5.41) is 6.57. The third-order valence-corrected chi connectivity index (χ3v) is 2.70. The fraction of sp³-hybridized carbons (Fsp3) is 0.933. The molecule has 0 unspecified atom stereocenters. The highest BCUT2D eigenvalue weighted by Crippen LogP contribution is 1.89. The number of hydrogen-bond acceptors (Lipinski definition) is 4. The first-order valence-electron chi connectivity index (χ1n) is 8.01. The summed E-state index contributed by atoms with van der Waals surface area (Å²) in [5.41, 5.74) is 0. The van der Waals surface area contributed by atoms with E-state index in [1.807, 2.05) is 6.92 Å². The molecule has 0 aromatic rings. The quantitative estimate of drug-likeness (QED) is 0.191. The van der Waals surface area contributed by atoms with Crippen molar-refractivity contribution in [3.63, 3.8) is 0 Å². The molecule has 0 aromatic heterocycles. The van der Waals surface area contributed by atoms with Crippen LogP contribution >= 0.6 is 24.0 Å².